The van der Waals surface area contributed by atoms with Gasteiger partial charge in [0.05, 0.1) is 12.0 Å². The largest absolute Gasteiger partial charge is 0.497 e. The molecule has 0 bridgehead atoms. The Morgan fingerprint density at radius 1 is 1.27 bits per heavy atom. The molecule has 134 valence electrons. The number of carbonyl (C=O) groups excluding carboxylic acids is 1. The number of hydrogen-bond donors (Lipinski definition) is 2. The van der Waals surface area contributed by atoms with Crippen LogP contribution < -0.4 is 10.1 Å². The van der Waals surface area contributed by atoms with Crippen molar-refractivity contribution in [2.75, 3.05) is 13.7 Å². The van der Waals surface area contributed by atoms with E-state index in [2.05, 4.69) is 10.3 Å². The van der Waals surface area contributed by atoms with E-state index in [1.165, 1.54) is 18.2 Å². The first-order chi connectivity index (χ1) is 12.6. The number of carbonyl (C=O) groups is 1. The van der Waals surface area contributed by atoms with Gasteiger partial charge in [-0.3, -0.25) is 14.9 Å². The quantitative estimate of drug-likeness (QED) is 0.386. The molecule has 0 spiro atoms. The van der Waals surface area contributed by atoms with E-state index < -0.39 is 4.92 Å². The van der Waals surface area contributed by atoms with Gasteiger partial charge >= 0.3 is 0 Å². The Hall–Kier alpha value is -3.35. The Morgan fingerprint density at radius 2 is 2.12 bits per heavy atom. The normalized spacial score (nSPS) is 10.7. The molecule has 0 unspecified atom stereocenters. The molecule has 0 atom stereocenters. The fourth-order valence-corrected chi connectivity index (χ4v) is 2.83. The third kappa shape index (κ3) is 3.83. The van der Waals surface area contributed by atoms with E-state index >= 15 is 0 Å². The van der Waals surface area contributed by atoms with E-state index in [1.54, 1.807) is 13.2 Å². The van der Waals surface area contributed by atoms with Crippen molar-refractivity contribution in [2.45, 2.75) is 12.8 Å². The zero-order valence-corrected chi connectivity index (χ0v) is 14.3. The van der Waals surface area contributed by atoms with Crippen LogP contribution in [0.25, 0.3) is 10.9 Å². The minimum atomic E-state index is -0.512. The standard InChI is InChI=1S/C19H19N3O4/c1-26-16-7-8-18-17(11-16)14(12-21-18)5-3-9-20-19(23)13-4-2-6-15(10-13)22(24)25/h2,4,6-8,10-12,21H,3,5,9H2,1H3,(H,20,23). The molecule has 1 aromatic heterocycles. The van der Waals surface area contributed by atoms with Crippen LogP contribution in [-0.4, -0.2) is 29.5 Å². The number of ether oxygens (including phenoxy) is 1. The fraction of sp³-hybridized carbons (Fsp3) is 0.211. The molecule has 1 heterocycles. The minimum Gasteiger partial charge on any atom is -0.497 e. The number of H-pyrrole nitrogens is 1. The van der Waals surface area contributed by atoms with Gasteiger partial charge < -0.3 is 15.0 Å². The number of aromatic amines is 1. The third-order valence-corrected chi connectivity index (χ3v) is 4.20. The highest BCUT2D eigenvalue weighted by atomic mass is 16.6. The maximum absolute atomic E-state index is 12.1. The molecule has 0 fully saturated rings. The van der Waals surface area contributed by atoms with Gasteiger partial charge in [-0.15, -0.1) is 0 Å². The van der Waals surface area contributed by atoms with Gasteiger partial charge in [0.25, 0.3) is 11.6 Å². The molecule has 0 saturated heterocycles. The van der Waals surface area contributed by atoms with Crippen molar-refractivity contribution >= 4 is 22.5 Å². The van der Waals surface area contributed by atoms with E-state index in [4.69, 9.17) is 4.74 Å². The summed E-state index contributed by atoms with van der Waals surface area (Å²) in [5, 5.41) is 14.7. The second-order valence-corrected chi connectivity index (χ2v) is 5.89. The highest BCUT2D eigenvalue weighted by molar-refractivity contribution is 5.94. The lowest BCUT2D eigenvalue weighted by atomic mass is 10.1. The molecule has 0 aliphatic heterocycles. The third-order valence-electron chi connectivity index (χ3n) is 4.20. The molecule has 0 aliphatic carbocycles. The van der Waals surface area contributed by atoms with E-state index in [0.29, 0.717) is 6.54 Å². The number of nitro groups is 1. The summed E-state index contributed by atoms with van der Waals surface area (Å²) in [6, 6.07) is 11.6. The van der Waals surface area contributed by atoms with E-state index in [0.717, 1.165) is 35.1 Å². The summed E-state index contributed by atoms with van der Waals surface area (Å²) >= 11 is 0. The Kier molecular flexibility index (Phi) is 5.17. The molecule has 2 N–H and O–H groups in total. The summed E-state index contributed by atoms with van der Waals surface area (Å²) in [6.07, 6.45) is 3.51. The van der Waals surface area contributed by atoms with Gasteiger partial charge in [0.2, 0.25) is 0 Å². The van der Waals surface area contributed by atoms with Crippen molar-refractivity contribution in [1.82, 2.24) is 10.3 Å². The molecule has 26 heavy (non-hydrogen) atoms. The lowest BCUT2D eigenvalue weighted by Gasteiger charge is -2.05. The van der Waals surface area contributed by atoms with E-state index in [1.807, 2.05) is 24.4 Å². The van der Waals surface area contributed by atoms with Crippen LogP contribution in [0, 0.1) is 10.1 Å². The van der Waals surface area contributed by atoms with Crippen molar-refractivity contribution in [3.8, 4) is 5.75 Å². The number of nitrogens with one attached hydrogen (secondary N) is 2. The monoisotopic (exact) mass is 353 g/mol. The van der Waals surface area contributed by atoms with Crippen LogP contribution in [0.4, 0.5) is 5.69 Å². The number of aryl methyl sites for hydroxylation is 1. The smallest absolute Gasteiger partial charge is 0.270 e. The maximum atomic E-state index is 12.1. The maximum Gasteiger partial charge on any atom is 0.270 e. The summed E-state index contributed by atoms with van der Waals surface area (Å²) in [4.78, 5) is 25.6. The molecule has 7 nitrogen and oxygen atoms in total. The van der Waals surface area contributed by atoms with Crippen LogP contribution in [0.3, 0.4) is 0 Å². The van der Waals surface area contributed by atoms with E-state index in [-0.39, 0.29) is 17.2 Å². The number of non-ortho nitro benzene ring substituents is 1. The van der Waals surface area contributed by atoms with Crippen molar-refractivity contribution in [1.29, 1.82) is 0 Å². The number of amides is 1. The molecule has 3 aromatic rings. The number of nitro benzene ring substituents is 1. The highest BCUT2D eigenvalue weighted by Gasteiger charge is 2.11. The van der Waals surface area contributed by atoms with Gasteiger partial charge in [-0.05, 0) is 42.7 Å². The zero-order valence-electron chi connectivity index (χ0n) is 14.3. The second-order valence-electron chi connectivity index (χ2n) is 5.89. The average molecular weight is 353 g/mol. The van der Waals surface area contributed by atoms with Gasteiger partial charge in [0, 0.05) is 41.3 Å². The Labute approximate surface area is 150 Å². The zero-order chi connectivity index (χ0) is 18.5. The van der Waals surface area contributed by atoms with Crippen molar-refractivity contribution in [2.24, 2.45) is 0 Å². The van der Waals surface area contributed by atoms with E-state index in [9.17, 15) is 14.9 Å². The number of aromatic nitrogens is 1. The second kappa shape index (κ2) is 7.69. The highest BCUT2D eigenvalue weighted by Crippen LogP contribution is 2.24. The first-order valence-electron chi connectivity index (χ1n) is 8.25. The van der Waals surface area contributed by atoms with Crippen LogP contribution in [-0.2, 0) is 6.42 Å². The molecule has 0 aliphatic rings. The first kappa shape index (κ1) is 17.5. The number of fused-ring (bicyclic) bond motifs is 1. The first-order valence-corrected chi connectivity index (χ1v) is 8.25. The number of methoxy groups -OCH3 is 1. The number of rotatable bonds is 7. The Balaban J connectivity index is 1.56. The van der Waals surface area contributed by atoms with Crippen LogP contribution in [0.2, 0.25) is 0 Å². The van der Waals surface area contributed by atoms with Crippen LogP contribution in [0.15, 0.2) is 48.7 Å². The van der Waals surface area contributed by atoms with Gasteiger partial charge in [0.1, 0.15) is 5.75 Å². The molecular weight excluding hydrogens is 334 g/mol. The fourth-order valence-electron chi connectivity index (χ4n) is 2.83. The number of benzene rings is 2. The van der Waals surface area contributed by atoms with Crippen LogP contribution in [0.1, 0.15) is 22.3 Å². The minimum absolute atomic E-state index is 0.0922. The predicted octanol–water partition coefficient (Wildman–Crippen LogP) is 3.45. The summed E-state index contributed by atoms with van der Waals surface area (Å²) in [7, 11) is 1.64. The van der Waals surface area contributed by atoms with Gasteiger partial charge in [-0.1, -0.05) is 6.07 Å². The summed E-state index contributed by atoms with van der Waals surface area (Å²) in [6.45, 7) is 0.484. The topological polar surface area (TPSA) is 97.3 Å². The molecule has 2 aromatic carbocycles. The van der Waals surface area contributed by atoms with Crippen molar-refractivity contribution in [3.05, 3.63) is 69.9 Å². The lowest BCUT2D eigenvalue weighted by Crippen LogP contribution is -2.24. The molecule has 0 saturated carbocycles. The van der Waals surface area contributed by atoms with Crippen molar-refractivity contribution < 1.29 is 14.5 Å². The Morgan fingerprint density at radius 3 is 2.88 bits per heavy atom. The number of nitrogens with zero attached hydrogens (tertiary/aromatic N) is 1. The SMILES string of the molecule is COc1ccc2[nH]cc(CCCNC(=O)c3cccc([N+](=O)[O-])c3)c2c1. The predicted molar refractivity (Wildman–Crippen MR) is 98.6 cm³/mol. The molecular formula is C19H19N3O4. The van der Waals surface area contributed by atoms with Gasteiger partial charge in [-0.25, -0.2) is 0 Å². The average Bonchev–Trinajstić information content (AvgIpc) is 3.07. The van der Waals surface area contributed by atoms with Crippen LogP contribution >= 0.6 is 0 Å². The van der Waals surface area contributed by atoms with Gasteiger partial charge in [-0.2, -0.15) is 0 Å². The Bertz CT molecular complexity index is 949. The van der Waals surface area contributed by atoms with Crippen molar-refractivity contribution in [3.63, 3.8) is 0 Å². The summed E-state index contributed by atoms with van der Waals surface area (Å²) in [5.74, 6) is 0.492. The summed E-state index contributed by atoms with van der Waals surface area (Å²) in [5.41, 5.74) is 2.39. The van der Waals surface area contributed by atoms with Crippen LogP contribution in [0.5, 0.6) is 5.75 Å². The molecule has 7 heteroatoms. The molecule has 0 radical (unpaired) electrons. The summed E-state index contributed by atoms with van der Waals surface area (Å²) < 4.78 is 5.26. The van der Waals surface area contributed by atoms with Gasteiger partial charge in [0.15, 0.2) is 0 Å². The lowest BCUT2D eigenvalue weighted by molar-refractivity contribution is -0.384. The molecule has 1 amide bonds. The molecule has 3 rings (SSSR count). The number of hydrogen-bond acceptors (Lipinski definition) is 4.